The van der Waals surface area contributed by atoms with Crippen LogP contribution in [0.5, 0.6) is 0 Å². The second kappa shape index (κ2) is 9.06. The van der Waals surface area contributed by atoms with E-state index in [0.29, 0.717) is 0 Å². The lowest BCUT2D eigenvalue weighted by molar-refractivity contribution is -0.870. The van der Waals surface area contributed by atoms with Crippen molar-refractivity contribution in [3.05, 3.63) is 0 Å². The van der Waals surface area contributed by atoms with Crippen molar-refractivity contribution in [3.8, 4) is 0 Å². The highest BCUT2D eigenvalue weighted by Gasteiger charge is 2.02. The van der Waals surface area contributed by atoms with E-state index in [9.17, 15) is 0 Å². The summed E-state index contributed by atoms with van der Waals surface area (Å²) in [6, 6.07) is 0. The number of hydrogen-bond donors (Lipinski definition) is 2. The van der Waals surface area contributed by atoms with Crippen molar-refractivity contribution in [1.29, 1.82) is 0 Å². The molecule has 0 bridgehead atoms. The Hall–Kier alpha value is -0.200. The maximum Gasteiger partial charge on any atom is 0.101 e. The van der Waals surface area contributed by atoms with E-state index in [-0.39, 0.29) is 18.7 Å². The number of quaternary nitrogens is 2. The lowest BCUT2D eigenvalue weighted by Crippen LogP contribution is -2.36. The summed E-state index contributed by atoms with van der Waals surface area (Å²) in [4.78, 5) is 0. The van der Waals surface area contributed by atoms with Gasteiger partial charge in [-0.2, -0.15) is 0 Å². The first-order valence-corrected chi connectivity index (χ1v) is 4.95. The van der Waals surface area contributed by atoms with Gasteiger partial charge in [0.25, 0.3) is 0 Å². The van der Waals surface area contributed by atoms with Gasteiger partial charge in [0, 0.05) is 0 Å². The Kier molecular flexibility index (Phi) is 12.2. The van der Waals surface area contributed by atoms with E-state index >= 15 is 0 Å². The molecule has 96 valence electrons. The van der Waals surface area contributed by atoms with Gasteiger partial charge in [-0.3, -0.25) is 0 Å². The molecule has 0 saturated heterocycles. The molecule has 0 amide bonds. The van der Waals surface area contributed by atoms with Crippen LogP contribution in [-0.2, 0) is 0 Å². The van der Waals surface area contributed by atoms with Gasteiger partial charge in [-0.25, -0.2) is 0 Å². The molecule has 5 heteroatoms. The summed E-state index contributed by atoms with van der Waals surface area (Å²) in [5, 5.41) is 16.8. The molecule has 0 atom stereocenters. The summed E-state index contributed by atoms with van der Waals surface area (Å²) in [7, 11) is 12.3. The van der Waals surface area contributed by atoms with Crippen LogP contribution in [0, 0.1) is 0 Å². The van der Waals surface area contributed by atoms with Gasteiger partial charge >= 0.3 is 0 Å². The minimum absolute atomic E-state index is 0. The Morgan fingerprint density at radius 1 is 0.667 bits per heavy atom. The lowest BCUT2D eigenvalue weighted by Gasteiger charge is -2.21. The summed E-state index contributed by atoms with van der Waals surface area (Å²) >= 11 is 0. The van der Waals surface area contributed by atoms with Gasteiger partial charge in [0.15, 0.2) is 0 Å². The van der Waals surface area contributed by atoms with Gasteiger partial charge in [0.2, 0.25) is 0 Å². The molecular weight excluding hydrogens is 196 g/mol. The highest BCUT2D eigenvalue weighted by Crippen LogP contribution is 1.85. The maximum atomic E-state index is 8.39. The van der Waals surface area contributed by atoms with Crippen LogP contribution in [-0.4, -0.2) is 93.2 Å². The summed E-state index contributed by atoms with van der Waals surface area (Å²) < 4.78 is 1.69. The van der Waals surface area contributed by atoms with Crippen molar-refractivity contribution < 1.29 is 24.7 Å². The van der Waals surface area contributed by atoms with Crippen molar-refractivity contribution in [3.63, 3.8) is 0 Å². The smallest absolute Gasteiger partial charge is 0.101 e. The second-order valence-corrected chi connectivity index (χ2v) is 5.48. The first-order chi connectivity index (χ1) is 6.12. The molecule has 0 radical (unpaired) electrons. The molecule has 0 fully saturated rings. The normalized spacial score (nSPS) is 11.2. The van der Waals surface area contributed by atoms with Gasteiger partial charge in [-0.1, -0.05) is 0 Å². The van der Waals surface area contributed by atoms with Crippen molar-refractivity contribution in [1.82, 2.24) is 0 Å². The van der Waals surface area contributed by atoms with E-state index in [4.69, 9.17) is 10.2 Å². The highest BCUT2D eigenvalue weighted by atomic mass is 16.3. The van der Waals surface area contributed by atoms with E-state index in [1.807, 2.05) is 0 Å². The predicted octanol–water partition coefficient (Wildman–Crippen LogP) is -1.45. The number of aliphatic hydroxyl groups excluding tert-OH is 2. The van der Waals surface area contributed by atoms with Gasteiger partial charge < -0.3 is 24.7 Å². The predicted molar refractivity (Wildman–Crippen MR) is 63.6 cm³/mol. The fraction of sp³-hybridized carbons (Fsp3) is 1.00. The maximum absolute atomic E-state index is 8.39. The van der Waals surface area contributed by atoms with Gasteiger partial charge in [-0.15, -0.1) is 0 Å². The fourth-order valence-electron chi connectivity index (χ4n) is 0.600. The van der Waals surface area contributed by atoms with Crippen molar-refractivity contribution >= 4 is 0 Å². The second-order valence-electron chi connectivity index (χ2n) is 5.48. The minimum Gasteiger partial charge on any atom is -0.412 e. The minimum atomic E-state index is 0. The quantitative estimate of drug-likeness (QED) is 0.575. The zero-order chi connectivity index (χ0) is 11.8. The SMILES string of the molecule is C[N+](C)(C)CCO.C[N+](C)(C)CCO.O. The zero-order valence-electron chi connectivity index (χ0n) is 11.1. The number of likely N-dealkylation sites (N-methyl/N-ethyl adjacent to an activating group) is 2. The molecule has 0 aliphatic heterocycles. The van der Waals surface area contributed by atoms with Crippen LogP contribution >= 0.6 is 0 Å². The first-order valence-electron chi connectivity index (χ1n) is 4.95. The first kappa shape index (κ1) is 20.2. The van der Waals surface area contributed by atoms with Crippen molar-refractivity contribution in [2.45, 2.75) is 0 Å². The van der Waals surface area contributed by atoms with Crippen LogP contribution in [0.2, 0.25) is 0 Å². The van der Waals surface area contributed by atoms with Crippen molar-refractivity contribution in [2.75, 3.05) is 68.6 Å². The summed E-state index contributed by atoms with van der Waals surface area (Å²) in [5.74, 6) is 0. The van der Waals surface area contributed by atoms with Gasteiger partial charge in [0.1, 0.15) is 13.1 Å². The Morgan fingerprint density at radius 2 is 0.867 bits per heavy atom. The molecule has 0 rings (SSSR count). The Labute approximate surface area is 94.0 Å². The van der Waals surface area contributed by atoms with E-state index in [1.165, 1.54) is 0 Å². The molecule has 15 heavy (non-hydrogen) atoms. The van der Waals surface area contributed by atoms with Crippen LogP contribution in [0.25, 0.3) is 0 Å². The molecule has 4 N–H and O–H groups in total. The molecule has 5 nitrogen and oxygen atoms in total. The number of hydrogen-bond acceptors (Lipinski definition) is 2. The van der Waals surface area contributed by atoms with E-state index < -0.39 is 0 Å². The molecule has 0 heterocycles. The third kappa shape index (κ3) is 31.6. The van der Waals surface area contributed by atoms with E-state index in [1.54, 1.807) is 0 Å². The van der Waals surface area contributed by atoms with Crippen LogP contribution < -0.4 is 0 Å². The van der Waals surface area contributed by atoms with Gasteiger partial charge in [0.05, 0.1) is 55.5 Å². The Morgan fingerprint density at radius 3 is 0.867 bits per heavy atom. The van der Waals surface area contributed by atoms with Crippen LogP contribution in [0.15, 0.2) is 0 Å². The molecule has 0 aromatic carbocycles. The van der Waals surface area contributed by atoms with Crippen molar-refractivity contribution in [2.24, 2.45) is 0 Å². The highest BCUT2D eigenvalue weighted by molar-refractivity contribution is 4.19. The monoisotopic (exact) mass is 226 g/mol. The van der Waals surface area contributed by atoms with Crippen LogP contribution in [0.4, 0.5) is 0 Å². The molecular formula is C10H30N2O3+2. The molecule has 0 spiro atoms. The molecule has 0 unspecified atom stereocenters. The molecule has 0 aliphatic rings. The van der Waals surface area contributed by atoms with Gasteiger partial charge in [-0.05, 0) is 0 Å². The average Bonchev–Trinajstić information content (AvgIpc) is 1.81. The third-order valence-corrected chi connectivity index (χ3v) is 1.54. The molecule has 0 aromatic rings. The topological polar surface area (TPSA) is 72.0 Å². The van der Waals surface area contributed by atoms with Crippen LogP contribution in [0.1, 0.15) is 0 Å². The Bertz CT molecular complexity index is 112. The molecule has 0 aromatic heterocycles. The van der Waals surface area contributed by atoms with Crippen LogP contribution in [0.3, 0.4) is 0 Å². The summed E-state index contributed by atoms with van der Waals surface area (Å²) in [6.45, 7) is 2.23. The largest absolute Gasteiger partial charge is 0.412 e. The average molecular weight is 226 g/mol. The van der Waals surface area contributed by atoms with E-state index in [2.05, 4.69) is 42.3 Å². The molecule has 0 saturated carbocycles. The third-order valence-electron chi connectivity index (χ3n) is 1.54. The Balaban J connectivity index is -0.000000180. The summed E-state index contributed by atoms with van der Waals surface area (Å²) in [6.07, 6.45) is 0. The number of rotatable bonds is 4. The standard InChI is InChI=1S/2C5H14NO.H2O/c2*1-6(2,3)4-5-7;/h2*7H,4-5H2,1-3H3;1H2/q2*+1;. The lowest BCUT2D eigenvalue weighted by atomic mass is 10.5. The molecule has 0 aliphatic carbocycles. The van der Waals surface area contributed by atoms with E-state index in [0.717, 1.165) is 22.1 Å². The zero-order valence-corrected chi connectivity index (χ0v) is 11.1. The number of aliphatic hydroxyl groups is 2. The fourth-order valence-corrected chi connectivity index (χ4v) is 0.600. The number of nitrogens with zero attached hydrogens (tertiary/aromatic N) is 2. The summed E-state index contributed by atoms with van der Waals surface area (Å²) in [5.41, 5.74) is 0.